The van der Waals surface area contributed by atoms with Crippen molar-refractivity contribution in [2.45, 2.75) is 18.9 Å². The van der Waals surface area contributed by atoms with Gasteiger partial charge in [0.15, 0.2) is 0 Å². The van der Waals surface area contributed by atoms with Gasteiger partial charge in [0, 0.05) is 70.5 Å². The van der Waals surface area contributed by atoms with E-state index in [0.717, 1.165) is 29.5 Å². The molecule has 3 heterocycles. The molecule has 0 bridgehead atoms. The van der Waals surface area contributed by atoms with Crippen LogP contribution in [0, 0.1) is 0 Å². The molecule has 6 nitrogen and oxygen atoms in total. The summed E-state index contributed by atoms with van der Waals surface area (Å²) in [5.74, 6) is 0.0928. The van der Waals surface area contributed by atoms with Gasteiger partial charge in [-0.15, -0.1) is 0 Å². The second kappa shape index (κ2) is 40.6. The van der Waals surface area contributed by atoms with Crippen molar-refractivity contribution >= 4 is 118 Å². The average molecular weight is 1560 g/mol. The molecule has 0 saturated carbocycles. The Balaban J connectivity index is 0.000000127. The van der Waals surface area contributed by atoms with Gasteiger partial charge in [-0.05, 0) is 155 Å². The molecule has 0 unspecified atom stereocenters. The zero-order valence-corrected chi connectivity index (χ0v) is 64.7. The molecular formula is C96H85N3O3P4Pd. The second-order valence-corrected chi connectivity index (χ2v) is 34.2. The summed E-state index contributed by atoms with van der Waals surface area (Å²) in [7, 11) is -1.78. The normalized spacial score (nSPS) is 13.0. The van der Waals surface area contributed by atoms with Crippen LogP contribution in [0.15, 0.2) is 419 Å². The Morgan fingerprint density at radius 2 is 0.551 bits per heavy atom. The van der Waals surface area contributed by atoms with E-state index in [-0.39, 0.29) is 38.3 Å². The van der Waals surface area contributed by atoms with E-state index >= 15 is 0 Å². The topological polar surface area (TPSA) is 65.6 Å². The quantitative estimate of drug-likeness (QED) is 0.0822. The van der Waals surface area contributed by atoms with Crippen molar-refractivity contribution < 1.29 is 34.7 Å². The molecule has 0 spiro atoms. The molecule has 11 heteroatoms. The van der Waals surface area contributed by atoms with E-state index in [2.05, 4.69) is 393 Å². The molecule has 15 aromatic rings. The van der Waals surface area contributed by atoms with Crippen molar-refractivity contribution in [3.05, 3.63) is 424 Å². The maximum absolute atomic E-state index is 12.9. The molecule has 14 aromatic carbocycles. The zero-order chi connectivity index (χ0) is 72.2. The van der Waals surface area contributed by atoms with Gasteiger partial charge in [-0.25, -0.2) is 0 Å². The Bertz CT molecular complexity index is 4190. The van der Waals surface area contributed by atoms with E-state index in [1.807, 2.05) is 40.3 Å². The number of fused-ring (bicyclic) bond motifs is 1. The van der Waals surface area contributed by atoms with Gasteiger partial charge in [0.1, 0.15) is 6.10 Å². The fourth-order valence-electron chi connectivity index (χ4n) is 13.0. The van der Waals surface area contributed by atoms with Crippen LogP contribution in [0.25, 0.3) is 22.0 Å². The molecule has 532 valence electrons. The van der Waals surface area contributed by atoms with Crippen LogP contribution in [-0.4, -0.2) is 65.5 Å². The number of rotatable bonds is 15. The largest absolute Gasteiger partial charge is 0.368 e. The van der Waals surface area contributed by atoms with Crippen LogP contribution < -0.4 is 63.7 Å². The molecule has 1 N–H and O–H groups in total. The number of benzene rings is 14. The molecule has 0 aliphatic carbocycles. The van der Waals surface area contributed by atoms with Gasteiger partial charge < -0.3 is 19.5 Å². The van der Waals surface area contributed by atoms with Gasteiger partial charge in [-0.3, -0.25) is 9.59 Å². The number of nitrogens with one attached hydrogen (secondary N) is 1. The summed E-state index contributed by atoms with van der Waals surface area (Å²) in [4.78, 5) is 32.3. The van der Waals surface area contributed by atoms with Crippen LogP contribution in [-0.2, 0) is 30.0 Å². The molecule has 2 fully saturated rings. The van der Waals surface area contributed by atoms with Gasteiger partial charge in [0.2, 0.25) is 0 Å². The summed E-state index contributed by atoms with van der Waals surface area (Å²) in [5.41, 5.74) is 4.01. The number of amides is 2. The first-order valence-corrected chi connectivity index (χ1v) is 41.5. The van der Waals surface area contributed by atoms with Crippen molar-refractivity contribution in [3.63, 3.8) is 0 Å². The molecule has 107 heavy (non-hydrogen) atoms. The van der Waals surface area contributed by atoms with Crippen LogP contribution in [0.2, 0.25) is 0 Å². The Kier molecular flexibility index (Phi) is 29.0. The number of carbonyl (C=O) groups excluding carboxylic acids is 2. The Labute approximate surface area is 649 Å². The van der Waals surface area contributed by atoms with Gasteiger partial charge in [-0.1, -0.05) is 382 Å². The maximum atomic E-state index is 12.9. The second-order valence-electron chi connectivity index (χ2n) is 25.3. The van der Waals surface area contributed by atoms with Gasteiger partial charge in [0.05, 0.1) is 0 Å². The van der Waals surface area contributed by atoms with Crippen LogP contribution >= 0.6 is 31.7 Å². The SMILES string of the molecule is O=C(c1ccc(-c2ccc3[nH]ccc3c2)cc1)N1CCN(C(=O)[C@H]2CCCO2)CC1.[Pd].c1ccc(P(c2ccccc2)c2ccccc2)cc1.c1ccc(P(c2ccccc2)c2ccccc2)cc1.c1ccc(P(c2ccccc2)c2ccccc2)cc1.c1ccc(P(c2ccccc2)c2ccccc2)cc1. The van der Waals surface area contributed by atoms with Crippen LogP contribution in [0.5, 0.6) is 0 Å². The number of aromatic nitrogens is 1. The third-order valence-electron chi connectivity index (χ3n) is 18.3. The van der Waals surface area contributed by atoms with Crippen LogP contribution in [0.1, 0.15) is 23.2 Å². The molecule has 2 aliphatic rings. The first-order valence-electron chi connectivity index (χ1n) is 36.2. The number of nitrogens with zero attached hydrogens (tertiary/aromatic N) is 2. The molecule has 0 radical (unpaired) electrons. The van der Waals surface area contributed by atoms with Crippen molar-refractivity contribution in [1.29, 1.82) is 0 Å². The number of carbonyl (C=O) groups is 2. The zero-order valence-electron chi connectivity index (χ0n) is 59.6. The first kappa shape index (κ1) is 76.5. The summed E-state index contributed by atoms with van der Waals surface area (Å²) >= 11 is 0. The minimum atomic E-state index is -0.446. The molecule has 1 aromatic heterocycles. The standard InChI is InChI=1S/C24H25N3O3.4C18H15P.Pd/c28-23(26-11-13-27(14-12-26)24(29)22-2-1-15-30-22)18-5-3-17(4-6-18)19-7-8-21-20(16-19)9-10-25-21;4*1-4-10-16(11-5-1)19(17-12-6-2-7-13-17)18-14-8-3-9-15-18;/h3-10,16,22,25H,1-2,11-15H2;4*1-15H;/t22-;;;;;/m1...../s1. The van der Waals surface area contributed by atoms with Crippen LogP contribution in [0.3, 0.4) is 0 Å². The number of aromatic amines is 1. The summed E-state index contributed by atoms with van der Waals surface area (Å²) in [6.45, 7) is 2.93. The van der Waals surface area contributed by atoms with E-state index in [0.29, 0.717) is 38.3 Å². The van der Waals surface area contributed by atoms with Crippen molar-refractivity contribution in [2.75, 3.05) is 32.8 Å². The summed E-state index contributed by atoms with van der Waals surface area (Å²) in [6.07, 6.45) is 3.40. The van der Waals surface area contributed by atoms with Gasteiger partial charge in [-0.2, -0.15) is 0 Å². The van der Waals surface area contributed by atoms with Gasteiger partial charge in [0.25, 0.3) is 11.8 Å². The number of H-pyrrole nitrogens is 1. The average Bonchev–Trinajstić information content (AvgIpc) is 1.72. The third kappa shape index (κ3) is 21.2. The molecule has 17 rings (SSSR count). The summed E-state index contributed by atoms with van der Waals surface area (Å²) in [5, 5.41) is 17.9. The van der Waals surface area contributed by atoms with Crippen molar-refractivity contribution in [1.82, 2.24) is 14.8 Å². The monoisotopic (exact) mass is 1560 g/mol. The van der Waals surface area contributed by atoms with Crippen LogP contribution in [0.4, 0.5) is 0 Å². The Hall–Kier alpha value is -10.1. The molecule has 2 amide bonds. The Morgan fingerprint density at radius 3 is 0.804 bits per heavy atom. The van der Waals surface area contributed by atoms with Crippen molar-refractivity contribution in [3.8, 4) is 11.1 Å². The predicted octanol–water partition coefficient (Wildman–Crippen LogP) is 17.1. The van der Waals surface area contributed by atoms with E-state index in [4.69, 9.17) is 4.74 Å². The summed E-state index contributed by atoms with van der Waals surface area (Å²) < 4.78 is 5.50. The summed E-state index contributed by atoms with van der Waals surface area (Å²) in [6, 6.07) is 145. The van der Waals surface area contributed by atoms with E-state index in [1.54, 1.807) is 0 Å². The maximum Gasteiger partial charge on any atom is 0.253 e. The predicted molar refractivity (Wildman–Crippen MR) is 456 cm³/mol. The molecule has 2 aliphatic heterocycles. The number of piperazine rings is 1. The molecular weight excluding hydrogens is 1470 g/mol. The number of hydrogen-bond donors (Lipinski definition) is 1. The third-order valence-corrected chi connectivity index (χ3v) is 28.0. The first-order chi connectivity index (χ1) is 52.5. The fraction of sp³-hybridized carbons (Fsp3) is 0.0833. The number of hydrogen-bond acceptors (Lipinski definition) is 3. The fourth-order valence-corrected chi connectivity index (χ4v) is 22.3. The number of ether oxygens (including phenoxy) is 1. The van der Waals surface area contributed by atoms with Gasteiger partial charge >= 0.3 is 0 Å². The minimum Gasteiger partial charge on any atom is -0.368 e. The smallest absolute Gasteiger partial charge is 0.253 e. The van der Waals surface area contributed by atoms with E-state index in [9.17, 15) is 9.59 Å². The molecule has 2 saturated heterocycles. The molecule has 1 atom stereocenters. The Morgan fingerprint density at radius 1 is 0.299 bits per heavy atom. The van der Waals surface area contributed by atoms with E-state index < -0.39 is 31.7 Å². The minimum absolute atomic E-state index is 0. The van der Waals surface area contributed by atoms with E-state index in [1.165, 1.54) is 69.0 Å². The van der Waals surface area contributed by atoms with Crippen molar-refractivity contribution in [2.24, 2.45) is 0 Å².